The van der Waals surface area contributed by atoms with Crippen molar-refractivity contribution >= 4 is 29.2 Å². The number of aromatic amines is 1. The van der Waals surface area contributed by atoms with E-state index in [1.165, 1.54) is 0 Å². The molecule has 0 bridgehead atoms. The monoisotopic (exact) mass is 413 g/mol. The number of aromatic nitrogens is 2. The van der Waals surface area contributed by atoms with E-state index in [4.69, 9.17) is 11.6 Å². The highest BCUT2D eigenvalue weighted by Crippen LogP contribution is 2.57. The molecule has 2 aliphatic heterocycles. The van der Waals surface area contributed by atoms with Crippen molar-refractivity contribution in [2.45, 2.75) is 37.8 Å². The lowest BCUT2D eigenvalue weighted by Gasteiger charge is -2.33. The number of nitrogens with one attached hydrogen (secondary N) is 2. The van der Waals surface area contributed by atoms with Gasteiger partial charge in [0.05, 0.1) is 17.8 Å². The molecule has 8 heteroatoms. The number of halogens is 1. The Morgan fingerprint density at radius 3 is 2.55 bits per heavy atom. The highest BCUT2D eigenvalue weighted by Gasteiger charge is 2.59. The second-order valence-electron chi connectivity index (χ2n) is 8.42. The van der Waals surface area contributed by atoms with Gasteiger partial charge in [-0.1, -0.05) is 11.6 Å². The zero-order valence-electron chi connectivity index (χ0n) is 16.4. The molecular formula is C21H24ClN5O2. The van der Waals surface area contributed by atoms with Crippen LogP contribution in [0.2, 0.25) is 5.02 Å². The standard InChI is InChI=1S/C21H24ClN5O2/c1-26-10-6-14(7-11-26)20(29)27-12-16-17(21(27)8-9-21)24-25-18(16)23-19(28)13-2-4-15(22)5-3-13/h2-5,14H,6-12H2,1H3,(H2,23,24,25,28). The van der Waals surface area contributed by atoms with Gasteiger partial charge in [0.15, 0.2) is 5.82 Å². The lowest BCUT2D eigenvalue weighted by atomic mass is 9.95. The first-order valence-electron chi connectivity index (χ1n) is 10.1. The van der Waals surface area contributed by atoms with Crippen LogP contribution < -0.4 is 5.32 Å². The highest BCUT2D eigenvalue weighted by molar-refractivity contribution is 6.30. The van der Waals surface area contributed by atoms with Crippen LogP contribution in [0, 0.1) is 5.92 Å². The molecule has 2 amide bonds. The van der Waals surface area contributed by atoms with E-state index >= 15 is 0 Å². The fourth-order valence-electron chi connectivity index (χ4n) is 4.64. The van der Waals surface area contributed by atoms with Crippen molar-refractivity contribution in [3.05, 3.63) is 46.1 Å². The molecule has 1 aromatic carbocycles. The van der Waals surface area contributed by atoms with E-state index < -0.39 is 0 Å². The summed E-state index contributed by atoms with van der Waals surface area (Å²) >= 11 is 5.90. The van der Waals surface area contributed by atoms with Crippen molar-refractivity contribution < 1.29 is 9.59 Å². The Hall–Kier alpha value is -2.38. The molecule has 0 atom stereocenters. The number of likely N-dealkylation sites (tertiary alicyclic amines) is 1. The van der Waals surface area contributed by atoms with Crippen LogP contribution in [0.5, 0.6) is 0 Å². The van der Waals surface area contributed by atoms with Gasteiger partial charge in [-0.3, -0.25) is 14.7 Å². The summed E-state index contributed by atoms with van der Waals surface area (Å²) in [4.78, 5) is 30.2. The van der Waals surface area contributed by atoms with Gasteiger partial charge in [0.1, 0.15) is 0 Å². The molecule has 152 valence electrons. The van der Waals surface area contributed by atoms with E-state index in [9.17, 15) is 9.59 Å². The molecule has 1 aliphatic carbocycles. The molecule has 1 saturated carbocycles. The Labute approximate surface area is 174 Å². The minimum absolute atomic E-state index is 0.0905. The first-order chi connectivity index (χ1) is 14.0. The molecule has 3 aliphatic rings. The van der Waals surface area contributed by atoms with Gasteiger partial charge in [0.25, 0.3) is 5.91 Å². The molecule has 5 rings (SSSR count). The molecule has 1 aromatic heterocycles. The maximum atomic E-state index is 13.3. The van der Waals surface area contributed by atoms with Crippen LogP contribution in [-0.4, -0.2) is 51.9 Å². The molecule has 0 radical (unpaired) electrons. The molecular weight excluding hydrogens is 390 g/mol. The summed E-state index contributed by atoms with van der Waals surface area (Å²) < 4.78 is 0. The van der Waals surface area contributed by atoms with E-state index in [0.29, 0.717) is 22.9 Å². The maximum absolute atomic E-state index is 13.3. The predicted molar refractivity (Wildman–Crippen MR) is 110 cm³/mol. The molecule has 7 nitrogen and oxygen atoms in total. The average Bonchev–Trinajstić information content (AvgIpc) is 3.32. The Bertz CT molecular complexity index is 958. The Balaban J connectivity index is 1.35. The summed E-state index contributed by atoms with van der Waals surface area (Å²) in [5.41, 5.74) is 2.20. The second-order valence-corrected chi connectivity index (χ2v) is 8.86. The molecule has 3 heterocycles. The lowest BCUT2D eigenvalue weighted by molar-refractivity contribution is -0.140. The SMILES string of the molecule is CN1CCC(C(=O)N2Cc3c(NC(=O)c4ccc(Cl)cc4)n[nH]c3C23CC3)CC1. The smallest absolute Gasteiger partial charge is 0.256 e. The molecule has 2 fully saturated rings. The van der Waals surface area contributed by atoms with Gasteiger partial charge in [-0.2, -0.15) is 5.10 Å². The van der Waals surface area contributed by atoms with Crippen molar-refractivity contribution in [1.82, 2.24) is 20.0 Å². The molecule has 1 saturated heterocycles. The number of piperidine rings is 1. The van der Waals surface area contributed by atoms with E-state index in [-0.39, 0.29) is 23.3 Å². The number of hydrogen-bond donors (Lipinski definition) is 2. The van der Waals surface area contributed by atoms with Crippen LogP contribution in [-0.2, 0) is 16.9 Å². The van der Waals surface area contributed by atoms with Crippen LogP contribution in [0.3, 0.4) is 0 Å². The number of anilines is 1. The van der Waals surface area contributed by atoms with Gasteiger partial charge in [-0.05, 0) is 70.1 Å². The highest BCUT2D eigenvalue weighted by atomic mass is 35.5. The van der Waals surface area contributed by atoms with Gasteiger partial charge in [-0.15, -0.1) is 0 Å². The molecule has 29 heavy (non-hydrogen) atoms. The zero-order valence-corrected chi connectivity index (χ0v) is 17.1. The first-order valence-corrected chi connectivity index (χ1v) is 10.5. The summed E-state index contributed by atoms with van der Waals surface area (Å²) in [5, 5.41) is 10.9. The zero-order chi connectivity index (χ0) is 20.2. The van der Waals surface area contributed by atoms with Crippen LogP contribution in [0.15, 0.2) is 24.3 Å². The van der Waals surface area contributed by atoms with Gasteiger partial charge >= 0.3 is 0 Å². The van der Waals surface area contributed by atoms with Crippen molar-refractivity contribution in [3.8, 4) is 0 Å². The number of H-pyrrole nitrogens is 1. The van der Waals surface area contributed by atoms with Crippen LogP contribution in [0.25, 0.3) is 0 Å². The Morgan fingerprint density at radius 2 is 1.90 bits per heavy atom. The van der Waals surface area contributed by atoms with Crippen molar-refractivity contribution in [2.24, 2.45) is 5.92 Å². The minimum atomic E-state index is -0.244. The number of benzene rings is 1. The van der Waals surface area contributed by atoms with E-state index in [1.807, 2.05) is 4.90 Å². The number of fused-ring (bicyclic) bond motifs is 2. The molecule has 2 aromatic rings. The van der Waals surface area contributed by atoms with Gasteiger partial charge in [-0.25, -0.2) is 0 Å². The first kappa shape index (κ1) is 18.6. The summed E-state index contributed by atoms with van der Waals surface area (Å²) in [5.74, 6) is 0.619. The summed E-state index contributed by atoms with van der Waals surface area (Å²) in [6, 6.07) is 6.74. The minimum Gasteiger partial charge on any atom is -0.327 e. The fraction of sp³-hybridized carbons (Fsp3) is 0.476. The van der Waals surface area contributed by atoms with Gasteiger partial charge in [0.2, 0.25) is 5.91 Å². The number of amides is 2. The van der Waals surface area contributed by atoms with E-state index in [1.54, 1.807) is 24.3 Å². The van der Waals surface area contributed by atoms with Crippen LogP contribution >= 0.6 is 11.6 Å². The molecule has 1 spiro atoms. The van der Waals surface area contributed by atoms with Crippen molar-refractivity contribution in [2.75, 3.05) is 25.5 Å². The summed E-state index contributed by atoms with van der Waals surface area (Å²) in [6.45, 7) is 2.44. The van der Waals surface area contributed by atoms with Gasteiger partial charge in [0, 0.05) is 22.1 Å². The summed E-state index contributed by atoms with van der Waals surface area (Å²) in [6.07, 6.45) is 3.72. The number of nitrogens with zero attached hydrogens (tertiary/aromatic N) is 3. The topological polar surface area (TPSA) is 81.3 Å². The van der Waals surface area contributed by atoms with Gasteiger partial charge < -0.3 is 15.1 Å². The molecule has 0 unspecified atom stereocenters. The number of carbonyl (C=O) groups excluding carboxylic acids is 2. The van der Waals surface area contributed by atoms with E-state index in [2.05, 4.69) is 27.5 Å². The maximum Gasteiger partial charge on any atom is 0.256 e. The fourth-order valence-corrected chi connectivity index (χ4v) is 4.76. The van der Waals surface area contributed by atoms with Crippen LogP contribution in [0.1, 0.15) is 47.3 Å². The summed E-state index contributed by atoms with van der Waals surface area (Å²) in [7, 11) is 2.10. The molecule has 2 N–H and O–H groups in total. The quantitative estimate of drug-likeness (QED) is 0.810. The average molecular weight is 414 g/mol. The second kappa shape index (κ2) is 6.85. The third kappa shape index (κ3) is 3.13. The Morgan fingerprint density at radius 1 is 1.21 bits per heavy atom. The predicted octanol–water partition coefficient (Wildman–Crippen LogP) is 2.99. The van der Waals surface area contributed by atoms with Crippen molar-refractivity contribution in [1.29, 1.82) is 0 Å². The van der Waals surface area contributed by atoms with E-state index in [0.717, 1.165) is 50.0 Å². The number of carbonyl (C=O) groups is 2. The normalized spacial score (nSPS) is 20.7. The largest absolute Gasteiger partial charge is 0.327 e. The lowest BCUT2D eigenvalue weighted by Crippen LogP contribution is -2.43. The van der Waals surface area contributed by atoms with Crippen LogP contribution in [0.4, 0.5) is 5.82 Å². The Kier molecular flexibility index (Phi) is 4.40. The third-order valence-electron chi connectivity index (χ3n) is 6.56. The van der Waals surface area contributed by atoms with Crippen molar-refractivity contribution in [3.63, 3.8) is 0 Å². The number of rotatable bonds is 3. The number of hydrogen-bond acceptors (Lipinski definition) is 4. The third-order valence-corrected chi connectivity index (χ3v) is 6.81.